The minimum atomic E-state index is 0.751. The Hall–Kier alpha value is -3.26. The maximum atomic E-state index is 4.85. The Balaban J connectivity index is 1.93. The third kappa shape index (κ3) is 3.40. The molecule has 4 rings (SSSR count). The van der Waals surface area contributed by atoms with Gasteiger partial charge in [0.05, 0.1) is 11.4 Å². The van der Waals surface area contributed by atoms with Crippen molar-refractivity contribution in [2.75, 3.05) is 0 Å². The predicted octanol–water partition coefficient (Wildman–Crippen LogP) is 6.09. The number of aromatic nitrogens is 2. The van der Waals surface area contributed by atoms with Crippen LogP contribution in [-0.2, 0) is 0 Å². The van der Waals surface area contributed by atoms with Gasteiger partial charge in [-0.1, -0.05) is 77.9 Å². The molecule has 0 amide bonds. The summed E-state index contributed by atoms with van der Waals surface area (Å²) in [4.78, 5) is 9.70. The second-order valence-corrected chi connectivity index (χ2v) is 6.57. The number of hydrogen-bond acceptors (Lipinski definition) is 2. The number of aryl methyl sites for hydroxylation is 2. The summed E-state index contributed by atoms with van der Waals surface area (Å²) in [5.41, 5.74) is 7.57. The summed E-state index contributed by atoms with van der Waals surface area (Å²) in [5, 5.41) is 0. The standard InChI is InChI=1S/C24H20N2/c1-17-8-6-12-20(14-17)22-16-23(21-13-7-9-18(2)15-21)26-24(25-22)19-10-4-3-5-11-19/h3-16H,1-2H3. The Kier molecular flexibility index (Phi) is 4.32. The Morgan fingerprint density at radius 1 is 0.500 bits per heavy atom. The molecule has 0 saturated carbocycles. The van der Waals surface area contributed by atoms with E-state index in [1.54, 1.807) is 0 Å². The molecule has 2 nitrogen and oxygen atoms in total. The van der Waals surface area contributed by atoms with Crippen LogP contribution in [0.1, 0.15) is 11.1 Å². The van der Waals surface area contributed by atoms with E-state index in [4.69, 9.17) is 9.97 Å². The van der Waals surface area contributed by atoms with Crippen LogP contribution in [0.15, 0.2) is 84.9 Å². The first-order chi connectivity index (χ1) is 12.7. The number of nitrogens with zero attached hydrogens (tertiary/aromatic N) is 2. The van der Waals surface area contributed by atoms with E-state index in [9.17, 15) is 0 Å². The Morgan fingerprint density at radius 2 is 1.00 bits per heavy atom. The van der Waals surface area contributed by atoms with Crippen molar-refractivity contribution in [2.24, 2.45) is 0 Å². The zero-order chi connectivity index (χ0) is 17.9. The average Bonchev–Trinajstić information content (AvgIpc) is 2.68. The van der Waals surface area contributed by atoms with Gasteiger partial charge in [0.2, 0.25) is 0 Å². The van der Waals surface area contributed by atoms with Gasteiger partial charge in [0.1, 0.15) is 0 Å². The molecule has 126 valence electrons. The molecule has 0 aliphatic carbocycles. The van der Waals surface area contributed by atoms with Crippen molar-refractivity contribution in [1.82, 2.24) is 9.97 Å². The van der Waals surface area contributed by atoms with E-state index < -0.39 is 0 Å². The lowest BCUT2D eigenvalue weighted by Gasteiger charge is -2.10. The highest BCUT2D eigenvalue weighted by molar-refractivity contribution is 5.72. The fraction of sp³-hybridized carbons (Fsp3) is 0.0833. The van der Waals surface area contributed by atoms with Gasteiger partial charge in [-0.15, -0.1) is 0 Å². The van der Waals surface area contributed by atoms with Crippen molar-refractivity contribution in [1.29, 1.82) is 0 Å². The molecule has 2 heteroatoms. The fourth-order valence-electron chi connectivity index (χ4n) is 3.07. The van der Waals surface area contributed by atoms with E-state index in [1.165, 1.54) is 11.1 Å². The first-order valence-corrected chi connectivity index (χ1v) is 8.78. The van der Waals surface area contributed by atoms with Gasteiger partial charge in [-0.25, -0.2) is 9.97 Å². The largest absolute Gasteiger partial charge is 0.228 e. The molecule has 0 saturated heterocycles. The van der Waals surface area contributed by atoms with Crippen molar-refractivity contribution in [3.05, 3.63) is 96.1 Å². The quantitative estimate of drug-likeness (QED) is 0.452. The van der Waals surface area contributed by atoms with Gasteiger partial charge in [0.15, 0.2) is 5.82 Å². The molecule has 0 fully saturated rings. The molecular formula is C24H20N2. The van der Waals surface area contributed by atoms with Gasteiger partial charge in [-0.05, 0) is 32.0 Å². The van der Waals surface area contributed by atoms with Gasteiger partial charge < -0.3 is 0 Å². The van der Waals surface area contributed by atoms with E-state index >= 15 is 0 Å². The van der Waals surface area contributed by atoms with Crippen LogP contribution in [0.25, 0.3) is 33.9 Å². The van der Waals surface area contributed by atoms with Crippen LogP contribution in [0.3, 0.4) is 0 Å². The lowest BCUT2D eigenvalue weighted by atomic mass is 10.0. The summed E-state index contributed by atoms with van der Waals surface area (Å²) in [5.74, 6) is 0.751. The molecule has 1 heterocycles. The SMILES string of the molecule is Cc1cccc(-c2cc(-c3cccc(C)c3)nc(-c3ccccc3)n2)c1. The predicted molar refractivity (Wildman–Crippen MR) is 108 cm³/mol. The highest BCUT2D eigenvalue weighted by Crippen LogP contribution is 2.28. The van der Waals surface area contributed by atoms with E-state index in [0.29, 0.717) is 0 Å². The summed E-state index contributed by atoms with van der Waals surface area (Å²) in [6.45, 7) is 4.20. The highest BCUT2D eigenvalue weighted by Gasteiger charge is 2.10. The molecule has 1 aromatic heterocycles. The number of hydrogen-bond donors (Lipinski definition) is 0. The first kappa shape index (κ1) is 16.2. The Labute approximate surface area is 154 Å². The third-order valence-corrected chi connectivity index (χ3v) is 4.39. The number of benzene rings is 3. The van der Waals surface area contributed by atoms with Crippen LogP contribution in [-0.4, -0.2) is 9.97 Å². The molecule has 0 N–H and O–H groups in total. The van der Waals surface area contributed by atoms with Crippen LogP contribution < -0.4 is 0 Å². The zero-order valence-electron chi connectivity index (χ0n) is 15.0. The van der Waals surface area contributed by atoms with Gasteiger partial charge in [-0.2, -0.15) is 0 Å². The normalized spacial score (nSPS) is 10.7. The minimum Gasteiger partial charge on any atom is -0.228 e. The third-order valence-electron chi connectivity index (χ3n) is 4.39. The minimum absolute atomic E-state index is 0.751. The number of rotatable bonds is 3. The second kappa shape index (κ2) is 6.93. The Morgan fingerprint density at radius 3 is 1.50 bits per heavy atom. The van der Waals surface area contributed by atoms with Crippen molar-refractivity contribution in [3.8, 4) is 33.9 Å². The smallest absolute Gasteiger partial charge is 0.160 e. The maximum absolute atomic E-state index is 4.85. The van der Waals surface area contributed by atoms with E-state index in [2.05, 4.69) is 80.6 Å². The van der Waals surface area contributed by atoms with Crippen LogP contribution in [0.2, 0.25) is 0 Å². The molecule has 0 bridgehead atoms. The van der Waals surface area contributed by atoms with Gasteiger partial charge in [-0.3, -0.25) is 0 Å². The van der Waals surface area contributed by atoms with Gasteiger partial charge in [0.25, 0.3) is 0 Å². The van der Waals surface area contributed by atoms with Crippen LogP contribution in [0.4, 0.5) is 0 Å². The molecule has 26 heavy (non-hydrogen) atoms. The van der Waals surface area contributed by atoms with Crippen LogP contribution in [0, 0.1) is 13.8 Å². The van der Waals surface area contributed by atoms with Crippen molar-refractivity contribution >= 4 is 0 Å². The summed E-state index contributed by atoms with van der Waals surface area (Å²) < 4.78 is 0. The monoisotopic (exact) mass is 336 g/mol. The Bertz CT molecular complexity index is 989. The molecule has 0 unspecified atom stereocenters. The lowest BCUT2D eigenvalue weighted by molar-refractivity contribution is 1.18. The van der Waals surface area contributed by atoms with E-state index in [1.807, 2.05) is 18.2 Å². The first-order valence-electron chi connectivity index (χ1n) is 8.78. The molecule has 0 aliphatic heterocycles. The molecular weight excluding hydrogens is 316 g/mol. The van der Waals surface area contributed by atoms with E-state index in [-0.39, 0.29) is 0 Å². The summed E-state index contributed by atoms with van der Waals surface area (Å²) in [6, 6.07) is 29.1. The van der Waals surface area contributed by atoms with Gasteiger partial charge >= 0.3 is 0 Å². The average molecular weight is 336 g/mol. The maximum Gasteiger partial charge on any atom is 0.160 e. The van der Waals surface area contributed by atoms with Crippen molar-refractivity contribution in [3.63, 3.8) is 0 Å². The van der Waals surface area contributed by atoms with Crippen LogP contribution >= 0.6 is 0 Å². The molecule has 0 radical (unpaired) electrons. The van der Waals surface area contributed by atoms with Crippen molar-refractivity contribution in [2.45, 2.75) is 13.8 Å². The molecule has 4 aromatic rings. The summed E-state index contributed by atoms with van der Waals surface area (Å²) in [6.07, 6.45) is 0. The van der Waals surface area contributed by atoms with Crippen LogP contribution in [0.5, 0.6) is 0 Å². The van der Waals surface area contributed by atoms with Gasteiger partial charge in [0, 0.05) is 16.7 Å². The fourth-order valence-corrected chi connectivity index (χ4v) is 3.07. The second-order valence-electron chi connectivity index (χ2n) is 6.57. The lowest BCUT2D eigenvalue weighted by Crippen LogP contribution is -1.96. The summed E-state index contributed by atoms with van der Waals surface area (Å²) in [7, 11) is 0. The highest BCUT2D eigenvalue weighted by atomic mass is 14.9. The van der Waals surface area contributed by atoms with Crippen molar-refractivity contribution < 1.29 is 0 Å². The summed E-state index contributed by atoms with van der Waals surface area (Å²) >= 11 is 0. The zero-order valence-corrected chi connectivity index (χ0v) is 15.0. The molecule has 0 aliphatic rings. The molecule has 0 spiro atoms. The molecule has 0 atom stereocenters. The van der Waals surface area contributed by atoms with E-state index in [0.717, 1.165) is 33.9 Å². The topological polar surface area (TPSA) is 25.8 Å². The molecule has 3 aromatic carbocycles.